The first-order valence-electron chi connectivity index (χ1n) is 9.49. The summed E-state index contributed by atoms with van der Waals surface area (Å²) in [6.07, 6.45) is 0. The molecule has 0 aliphatic carbocycles. The summed E-state index contributed by atoms with van der Waals surface area (Å²) in [7, 11) is -3.89. The first-order valence-corrected chi connectivity index (χ1v) is 12.2. The highest BCUT2D eigenvalue weighted by atomic mass is 32.2. The molecule has 3 heterocycles. The predicted molar refractivity (Wildman–Crippen MR) is 116 cm³/mol. The maximum absolute atomic E-state index is 13.5. The van der Waals surface area contributed by atoms with E-state index >= 15 is 0 Å². The smallest absolute Gasteiger partial charge is 0.243 e. The highest BCUT2D eigenvalue weighted by Gasteiger charge is 2.29. The number of fused-ring (bicyclic) bond motifs is 3. The largest absolute Gasteiger partial charge is 0.282 e. The van der Waals surface area contributed by atoms with Crippen molar-refractivity contribution in [1.82, 2.24) is 23.4 Å². The van der Waals surface area contributed by atoms with Crippen LogP contribution in [0, 0.1) is 16.4 Å². The Morgan fingerprint density at radius 3 is 2.52 bits per heavy atom. The van der Waals surface area contributed by atoms with E-state index in [1.54, 1.807) is 16.0 Å². The van der Waals surface area contributed by atoms with E-state index in [-0.39, 0.29) is 18.0 Å². The lowest BCUT2D eigenvalue weighted by atomic mass is 10.3. The van der Waals surface area contributed by atoms with Gasteiger partial charge in [0.05, 0.1) is 21.8 Å². The fraction of sp³-hybridized carbons (Fsp3) is 0.263. The minimum atomic E-state index is -3.89. The molecule has 7 nitrogen and oxygen atoms in total. The van der Waals surface area contributed by atoms with Gasteiger partial charge in [0.1, 0.15) is 0 Å². The minimum absolute atomic E-state index is 0.236. The molecule has 0 spiro atoms. The summed E-state index contributed by atoms with van der Waals surface area (Å²) in [5, 5.41) is 4.62. The summed E-state index contributed by atoms with van der Waals surface area (Å²) in [5.41, 5.74) is 1.01. The third kappa shape index (κ3) is 3.57. The van der Waals surface area contributed by atoms with Crippen molar-refractivity contribution < 1.29 is 17.2 Å². The molecule has 31 heavy (non-hydrogen) atoms. The van der Waals surface area contributed by atoms with Crippen molar-refractivity contribution in [1.29, 1.82) is 0 Å². The van der Waals surface area contributed by atoms with Crippen molar-refractivity contribution in [3.8, 4) is 0 Å². The topological polar surface area (TPSA) is 62.9 Å². The molecule has 2 aromatic heterocycles. The Balaban J connectivity index is 1.31. The van der Waals surface area contributed by atoms with E-state index in [0.717, 1.165) is 33.4 Å². The van der Waals surface area contributed by atoms with Gasteiger partial charge in [0.25, 0.3) is 0 Å². The van der Waals surface area contributed by atoms with Crippen LogP contribution in [-0.4, -0.2) is 58.0 Å². The molecule has 1 aliphatic rings. The van der Waals surface area contributed by atoms with Gasteiger partial charge >= 0.3 is 0 Å². The van der Waals surface area contributed by atoms with Crippen molar-refractivity contribution >= 4 is 48.8 Å². The van der Waals surface area contributed by atoms with Crippen molar-refractivity contribution in [3.63, 3.8) is 0 Å². The zero-order valence-corrected chi connectivity index (χ0v) is 18.6. The SMILES string of the molecule is O=S(=O)(c1ccc(F)c(F)c1)N1CCN(Cn2nc3sc4ccccc4n3c2=S)CC1. The Morgan fingerprint density at radius 1 is 1.03 bits per heavy atom. The Hall–Kier alpha value is -2.25. The maximum Gasteiger partial charge on any atom is 0.243 e. The number of para-hydroxylation sites is 1. The van der Waals surface area contributed by atoms with Crippen LogP contribution in [-0.2, 0) is 16.7 Å². The van der Waals surface area contributed by atoms with E-state index in [1.807, 2.05) is 28.7 Å². The first kappa shape index (κ1) is 20.6. The highest BCUT2D eigenvalue weighted by Crippen LogP contribution is 2.26. The van der Waals surface area contributed by atoms with E-state index in [9.17, 15) is 17.2 Å². The molecule has 1 fully saturated rings. The lowest BCUT2D eigenvalue weighted by molar-refractivity contribution is 0.145. The van der Waals surface area contributed by atoms with Crippen molar-refractivity contribution in [3.05, 3.63) is 58.9 Å². The second-order valence-corrected chi connectivity index (χ2v) is 10.5. The first-order chi connectivity index (χ1) is 14.8. The molecule has 12 heteroatoms. The normalized spacial score (nSPS) is 16.5. The molecule has 0 bridgehead atoms. The predicted octanol–water partition coefficient (Wildman–Crippen LogP) is 3.32. The summed E-state index contributed by atoms with van der Waals surface area (Å²) in [6, 6.07) is 10.6. The molecule has 0 amide bonds. The molecule has 4 aromatic rings. The van der Waals surface area contributed by atoms with Crippen LogP contribution in [0.5, 0.6) is 0 Å². The highest BCUT2D eigenvalue weighted by molar-refractivity contribution is 7.89. The van der Waals surface area contributed by atoms with Gasteiger partial charge in [0.15, 0.2) is 11.6 Å². The Morgan fingerprint density at radius 2 is 1.77 bits per heavy atom. The van der Waals surface area contributed by atoms with Crippen LogP contribution in [0.4, 0.5) is 8.78 Å². The number of nitrogens with zero attached hydrogens (tertiary/aromatic N) is 5. The molecule has 0 radical (unpaired) electrons. The number of aromatic nitrogens is 3. The lowest BCUT2D eigenvalue weighted by Gasteiger charge is -2.33. The zero-order valence-electron chi connectivity index (χ0n) is 16.1. The van der Waals surface area contributed by atoms with Gasteiger partial charge < -0.3 is 0 Å². The summed E-state index contributed by atoms with van der Waals surface area (Å²) in [4.78, 5) is 2.63. The third-order valence-electron chi connectivity index (χ3n) is 5.31. The second kappa shape index (κ2) is 7.71. The van der Waals surface area contributed by atoms with E-state index in [0.29, 0.717) is 24.5 Å². The van der Waals surface area contributed by atoms with Crippen LogP contribution >= 0.6 is 23.6 Å². The fourth-order valence-electron chi connectivity index (χ4n) is 3.67. The number of hydrogen-bond acceptors (Lipinski definition) is 6. The van der Waals surface area contributed by atoms with Crippen LogP contribution in [0.25, 0.3) is 15.2 Å². The number of halogens is 2. The quantitative estimate of drug-likeness (QED) is 0.419. The van der Waals surface area contributed by atoms with Gasteiger partial charge in [-0.05, 0) is 42.5 Å². The number of sulfonamides is 1. The number of hydrogen-bond donors (Lipinski definition) is 0. The van der Waals surface area contributed by atoms with Gasteiger partial charge in [-0.25, -0.2) is 21.9 Å². The van der Waals surface area contributed by atoms with Crippen molar-refractivity contribution in [2.45, 2.75) is 11.6 Å². The van der Waals surface area contributed by atoms with Gasteiger partial charge in [-0.2, -0.15) is 4.31 Å². The zero-order chi connectivity index (χ0) is 21.8. The van der Waals surface area contributed by atoms with Gasteiger partial charge in [0.2, 0.25) is 19.8 Å². The Bertz CT molecular complexity index is 1450. The van der Waals surface area contributed by atoms with E-state index in [2.05, 4.69) is 10.00 Å². The monoisotopic (exact) mass is 481 g/mol. The Kier molecular flexibility index (Phi) is 5.13. The van der Waals surface area contributed by atoms with Gasteiger partial charge in [-0.1, -0.05) is 23.5 Å². The molecule has 2 aromatic carbocycles. The molecule has 0 unspecified atom stereocenters. The number of benzene rings is 2. The van der Waals surface area contributed by atoms with E-state index in [4.69, 9.17) is 12.2 Å². The van der Waals surface area contributed by atoms with Crippen molar-refractivity contribution in [2.75, 3.05) is 26.2 Å². The molecule has 0 saturated carbocycles. The summed E-state index contributed by atoms with van der Waals surface area (Å²) in [6.45, 7) is 1.85. The number of thiazole rings is 1. The Labute approximate surface area is 185 Å². The van der Waals surface area contributed by atoms with Gasteiger partial charge in [-0.15, -0.1) is 5.10 Å². The average molecular weight is 482 g/mol. The average Bonchev–Trinajstić information content (AvgIpc) is 3.26. The molecule has 162 valence electrons. The van der Waals surface area contributed by atoms with Crippen LogP contribution in [0.3, 0.4) is 0 Å². The number of rotatable bonds is 4. The van der Waals surface area contributed by atoms with Crippen LogP contribution < -0.4 is 0 Å². The second-order valence-electron chi connectivity index (χ2n) is 7.21. The molecular weight excluding hydrogens is 464 g/mol. The van der Waals surface area contributed by atoms with E-state index in [1.165, 1.54) is 4.31 Å². The minimum Gasteiger partial charge on any atom is -0.282 e. The van der Waals surface area contributed by atoms with Crippen molar-refractivity contribution in [2.24, 2.45) is 0 Å². The van der Waals surface area contributed by atoms with Crippen LogP contribution in [0.1, 0.15) is 0 Å². The molecule has 5 rings (SSSR count). The summed E-state index contributed by atoms with van der Waals surface area (Å²) >= 11 is 7.18. The molecule has 0 N–H and O–H groups in total. The van der Waals surface area contributed by atoms with Crippen LogP contribution in [0.15, 0.2) is 47.4 Å². The molecule has 1 saturated heterocycles. The fourth-order valence-corrected chi connectivity index (χ4v) is 6.46. The van der Waals surface area contributed by atoms with E-state index < -0.39 is 21.7 Å². The van der Waals surface area contributed by atoms with Gasteiger partial charge in [-0.3, -0.25) is 9.30 Å². The molecule has 0 atom stereocenters. The van der Waals surface area contributed by atoms with Gasteiger partial charge in [0, 0.05) is 26.2 Å². The van der Waals surface area contributed by atoms with Crippen LogP contribution in [0.2, 0.25) is 0 Å². The third-order valence-corrected chi connectivity index (χ3v) is 8.61. The summed E-state index contributed by atoms with van der Waals surface area (Å²) in [5.74, 6) is -2.25. The number of piperazine rings is 1. The standard InChI is InChI=1S/C19H17F2N5O2S3/c20-14-6-5-13(11-15(14)21)31(27,28)24-9-7-23(8-10-24)12-25-19(29)26-16-3-1-2-4-17(16)30-18(26)22-25/h1-6,11H,7-10,12H2. The summed E-state index contributed by atoms with van der Waals surface area (Å²) < 4.78 is 58.8. The lowest BCUT2D eigenvalue weighted by Crippen LogP contribution is -2.48. The maximum atomic E-state index is 13.5. The molecule has 1 aliphatic heterocycles. The molecular formula is C19H17F2N5O2S3.